The van der Waals surface area contributed by atoms with Crippen molar-refractivity contribution in [3.05, 3.63) is 24.5 Å². The molecule has 0 aromatic carbocycles. The van der Waals surface area contributed by atoms with Crippen LogP contribution in [0.15, 0.2) is 29.7 Å². The first-order valence-electron chi connectivity index (χ1n) is 4.37. The number of primary amides is 1. The smallest absolute Gasteiger partial charge is 0.227 e. The number of hydrogen-bond acceptors (Lipinski definition) is 6. The molecule has 8 heteroatoms. The Balaban J connectivity index is 2.23. The van der Waals surface area contributed by atoms with Crippen molar-refractivity contribution in [1.29, 1.82) is 0 Å². The number of carbonyl (C=O) groups is 1. The van der Waals surface area contributed by atoms with Gasteiger partial charge in [-0.3, -0.25) is 9.78 Å². The van der Waals surface area contributed by atoms with E-state index in [-0.39, 0.29) is 5.75 Å². The summed E-state index contributed by atoms with van der Waals surface area (Å²) in [5.74, 6) is -0.272. The summed E-state index contributed by atoms with van der Waals surface area (Å²) >= 11 is 1.18. The van der Waals surface area contributed by atoms with Crippen LogP contribution in [0.1, 0.15) is 0 Å². The van der Waals surface area contributed by atoms with E-state index in [9.17, 15) is 4.79 Å². The summed E-state index contributed by atoms with van der Waals surface area (Å²) in [6.07, 6.45) is 3.29. The van der Waals surface area contributed by atoms with Gasteiger partial charge in [0.15, 0.2) is 0 Å². The van der Waals surface area contributed by atoms with Gasteiger partial charge in [0.25, 0.3) is 0 Å². The van der Waals surface area contributed by atoms with Crippen molar-refractivity contribution in [2.75, 3.05) is 5.75 Å². The Morgan fingerprint density at radius 2 is 2.44 bits per heavy atom. The molecule has 2 aromatic rings. The highest BCUT2D eigenvalue weighted by Crippen LogP contribution is 2.16. The lowest BCUT2D eigenvalue weighted by molar-refractivity contribution is -0.115. The number of amides is 1. The number of rotatable bonds is 4. The molecule has 0 bridgehead atoms. The minimum absolute atomic E-state index is 0.140. The molecule has 2 N–H and O–H groups in total. The summed E-state index contributed by atoms with van der Waals surface area (Å²) in [5, 5.41) is 11.6. The van der Waals surface area contributed by atoms with E-state index < -0.39 is 5.91 Å². The second-order valence-corrected chi connectivity index (χ2v) is 3.78. The molecule has 1 amide bonds. The Hall–Kier alpha value is -1.96. The molecule has 0 spiro atoms. The van der Waals surface area contributed by atoms with E-state index in [1.54, 1.807) is 18.5 Å². The zero-order valence-electron chi connectivity index (χ0n) is 8.15. The van der Waals surface area contributed by atoms with Crippen molar-refractivity contribution in [2.24, 2.45) is 5.73 Å². The Bertz CT molecular complexity index is 484. The summed E-state index contributed by atoms with van der Waals surface area (Å²) in [6.45, 7) is 0. The predicted molar refractivity (Wildman–Crippen MR) is 56.9 cm³/mol. The Kier molecular flexibility index (Phi) is 3.10. The van der Waals surface area contributed by atoms with Crippen molar-refractivity contribution in [3.8, 4) is 5.69 Å². The van der Waals surface area contributed by atoms with Crippen molar-refractivity contribution < 1.29 is 4.79 Å². The highest BCUT2D eigenvalue weighted by molar-refractivity contribution is 7.99. The molecule has 0 saturated heterocycles. The molecule has 7 nitrogen and oxygen atoms in total. The fraction of sp³-hybridized carbons (Fsp3) is 0.125. The maximum atomic E-state index is 10.7. The second-order valence-electron chi connectivity index (χ2n) is 2.84. The number of tetrazole rings is 1. The predicted octanol–water partition coefficient (Wildman–Crippen LogP) is -0.365. The van der Waals surface area contributed by atoms with Crippen LogP contribution in [0.5, 0.6) is 0 Å². The van der Waals surface area contributed by atoms with Crippen LogP contribution < -0.4 is 5.73 Å². The number of nitrogens with zero attached hydrogens (tertiary/aromatic N) is 5. The van der Waals surface area contributed by atoms with E-state index in [0.29, 0.717) is 5.16 Å². The lowest BCUT2D eigenvalue weighted by atomic mass is 10.4. The molecule has 0 fully saturated rings. The molecule has 2 rings (SSSR count). The van der Waals surface area contributed by atoms with Gasteiger partial charge in [-0.1, -0.05) is 11.8 Å². The molecule has 0 aliphatic carbocycles. The third-order valence-electron chi connectivity index (χ3n) is 1.67. The molecular formula is C8H8N6OS. The van der Waals surface area contributed by atoms with E-state index in [4.69, 9.17) is 5.73 Å². The molecule has 16 heavy (non-hydrogen) atoms. The van der Waals surface area contributed by atoms with Crippen molar-refractivity contribution in [3.63, 3.8) is 0 Å². The summed E-state index contributed by atoms with van der Waals surface area (Å²) in [4.78, 5) is 14.6. The number of thioether (sulfide) groups is 1. The average Bonchev–Trinajstić information content (AvgIpc) is 2.75. The molecule has 82 valence electrons. The van der Waals surface area contributed by atoms with Crippen LogP contribution in [0.2, 0.25) is 0 Å². The summed E-state index contributed by atoms with van der Waals surface area (Å²) in [6, 6.07) is 3.59. The van der Waals surface area contributed by atoms with Crippen molar-refractivity contribution >= 4 is 17.7 Å². The SMILES string of the molecule is NC(=O)CSc1nnnn1-c1cccnc1. The van der Waals surface area contributed by atoms with Gasteiger partial charge in [0.2, 0.25) is 11.1 Å². The molecule has 2 heterocycles. The van der Waals surface area contributed by atoms with Gasteiger partial charge in [-0.2, -0.15) is 4.68 Å². The first kappa shape index (κ1) is 10.6. The monoisotopic (exact) mass is 236 g/mol. The van der Waals surface area contributed by atoms with E-state index in [0.717, 1.165) is 5.69 Å². The zero-order chi connectivity index (χ0) is 11.4. The molecule has 0 radical (unpaired) electrons. The number of nitrogens with two attached hydrogens (primary N) is 1. The van der Waals surface area contributed by atoms with Gasteiger partial charge >= 0.3 is 0 Å². The van der Waals surface area contributed by atoms with E-state index in [1.165, 1.54) is 16.4 Å². The summed E-state index contributed by atoms with van der Waals surface area (Å²) in [7, 11) is 0. The molecule has 0 unspecified atom stereocenters. The standard InChI is InChI=1S/C8H8N6OS/c9-7(15)5-16-8-11-12-13-14(8)6-2-1-3-10-4-6/h1-4H,5H2,(H2,9,15). The van der Waals surface area contributed by atoms with Crippen LogP contribution in [-0.4, -0.2) is 36.9 Å². The Morgan fingerprint density at radius 3 is 3.12 bits per heavy atom. The largest absolute Gasteiger partial charge is 0.369 e. The van der Waals surface area contributed by atoms with Crippen LogP contribution in [-0.2, 0) is 4.79 Å². The third-order valence-corrected chi connectivity index (χ3v) is 2.62. The number of hydrogen-bond donors (Lipinski definition) is 1. The molecule has 0 atom stereocenters. The zero-order valence-corrected chi connectivity index (χ0v) is 8.96. The van der Waals surface area contributed by atoms with E-state index >= 15 is 0 Å². The minimum atomic E-state index is -0.411. The number of pyridine rings is 1. The maximum Gasteiger partial charge on any atom is 0.227 e. The van der Waals surface area contributed by atoms with E-state index in [2.05, 4.69) is 20.5 Å². The highest BCUT2D eigenvalue weighted by Gasteiger charge is 2.09. The highest BCUT2D eigenvalue weighted by atomic mass is 32.2. The quantitative estimate of drug-likeness (QED) is 0.727. The molecule has 0 saturated carbocycles. The van der Waals surface area contributed by atoms with Gasteiger partial charge in [0, 0.05) is 6.20 Å². The fourth-order valence-electron chi connectivity index (χ4n) is 1.05. The molecular weight excluding hydrogens is 228 g/mol. The minimum Gasteiger partial charge on any atom is -0.369 e. The van der Waals surface area contributed by atoms with Crippen molar-refractivity contribution in [2.45, 2.75) is 5.16 Å². The Labute approximate surface area is 95.0 Å². The van der Waals surface area contributed by atoms with Crippen molar-refractivity contribution in [1.82, 2.24) is 25.2 Å². The first-order valence-corrected chi connectivity index (χ1v) is 5.36. The van der Waals surface area contributed by atoms with Gasteiger partial charge in [0.05, 0.1) is 17.6 Å². The van der Waals surface area contributed by atoms with Gasteiger partial charge < -0.3 is 5.73 Å². The normalized spacial score (nSPS) is 10.2. The lowest BCUT2D eigenvalue weighted by Crippen LogP contribution is -2.13. The second kappa shape index (κ2) is 4.71. The summed E-state index contributed by atoms with van der Waals surface area (Å²) in [5.41, 5.74) is 5.78. The van der Waals surface area contributed by atoms with Crippen LogP contribution >= 0.6 is 11.8 Å². The topological polar surface area (TPSA) is 99.6 Å². The maximum absolute atomic E-state index is 10.7. The summed E-state index contributed by atoms with van der Waals surface area (Å²) < 4.78 is 1.50. The van der Waals surface area contributed by atoms with Crippen LogP contribution in [0.3, 0.4) is 0 Å². The molecule has 0 aliphatic heterocycles. The first-order chi connectivity index (χ1) is 7.77. The van der Waals surface area contributed by atoms with Gasteiger partial charge in [-0.05, 0) is 22.6 Å². The number of aromatic nitrogens is 5. The molecule has 2 aromatic heterocycles. The third kappa shape index (κ3) is 2.34. The van der Waals surface area contributed by atoms with Gasteiger partial charge in [-0.15, -0.1) is 5.10 Å². The van der Waals surface area contributed by atoms with Gasteiger partial charge in [0.1, 0.15) is 0 Å². The van der Waals surface area contributed by atoms with Crippen LogP contribution in [0.4, 0.5) is 0 Å². The van der Waals surface area contributed by atoms with Crippen LogP contribution in [0.25, 0.3) is 5.69 Å². The van der Waals surface area contributed by atoms with Gasteiger partial charge in [-0.25, -0.2) is 0 Å². The average molecular weight is 236 g/mol. The molecule has 0 aliphatic rings. The van der Waals surface area contributed by atoms with Crippen LogP contribution in [0, 0.1) is 0 Å². The van der Waals surface area contributed by atoms with E-state index in [1.807, 2.05) is 6.07 Å². The lowest BCUT2D eigenvalue weighted by Gasteiger charge is -2.01. The fourth-order valence-corrected chi connectivity index (χ4v) is 1.68. The Morgan fingerprint density at radius 1 is 1.56 bits per heavy atom. The number of carbonyl (C=O) groups excluding carboxylic acids is 1.